The van der Waals surface area contributed by atoms with Gasteiger partial charge < -0.3 is 15.0 Å². The minimum Gasteiger partial charge on any atom is -0.369 e. The SMILES string of the molecule is Cc1ccc(C)c(N2CCN([C@]3(C=O)CNCC[C@H]3c3ccccc3)CC2)c1.Cl. The molecular weight excluding hydrogens is 382 g/mol. The van der Waals surface area contributed by atoms with Gasteiger partial charge in [0.05, 0.1) is 5.54 Å². The Morgan fingerprint density at radius 1 is 1.03 bits per heavy atom. The fraction of sp³-hybridized carbons (Fsp3) is 0.458. The van der Waals surface area contributed by atoms with Gasteiger partial charge >= 0.3 is 0 Å². The van der Waals surface area contributed by atoms with Gasteiger partial charge in [0.2, 0.25) is 0 Å². The Balaban J connectivity index is 0.00000240. The lowest BCUT2D eigenvalue weighted by Gasteiger charge is -2.51. The van der Waals surface area contributed by atoms with Crippen LogP contribution in [0.2, 0.25) is 0 Å². The number of nitrogens with one attached hydrogen (secondary N) is 1. The highest BCUT2D eigenvalue weighted by atomic mass is 35.5. The van der Waals surface area contributed by atoms with Crippen molar-refractivity contribution in [3.05, 3.63) is 65.2 Å². The highest BCUT2D eigenvalue weighted by Gasteiger charge is 2.47. The van der Waals surface area contributed by atoms with Crippen molar-refractivity contribution >= 4 is 24.4 Å². The zero-order valence-corrected chi connectivity index (χ0v) is 18.3. The van der Waals surface area contributed by atoms with Crippen LogP contribution in [0.1, 0.15) is 29.0 Å². The first kappa shape index (κ1) is 21.8. The molecule has 2 fully saturated rings. The molecule has 2 aromatic rings. The smallest absolute Gasteiger partial charge is 0.142 e. The van der Waals surface area contributed by atoms with Gasteiger partial charge in [-0.1, -0.05) is 42.5 Å². The topological polar surface area (TPSA) is 35.6 Å². The standard InChI is InChI=1S/C24H31N3O.ClH/c1-19-8-9-20(2)23(16-19)26-12-14-27(15-13-26)24(18-28)17-25-11-10-22(24)21-6-4-3-5-7-21;/h3-9,16,18,22,25H,10-15,17H2,1-2H3;1H/t22-,24-;/m0./s1. The maximum absolute atomic E-state index is 12.5. The molecule has 156 valence electrons. The van der Waals surface area contributed by atoms with E-state index in [0.29, 0.717) is 0 Å². The summed E-state index contributed by atoms with van der Waals surface area (Å²) < 4.78 is 0. The van der Waals surface area contributed by atoms with Crippen molar-refractivity contribution in [2.24, 2.45) is 0 Å². The van der Waals surface area contributed by atoms with Gasteiger partial charge in [-0.15, -0.1) is 12.4 Å². The molecule has 5 heteroatoms. The van der Waals surface area contributed by atoms with E-state index in [2.05, 4.69) is 77.5 Å². The zero-order chi connectivity index (χ0) is 19.6. The minimum atomic E-state index is -0.451. The number of nitrogens with zero attached hydrogens (tertiary/aromatic N) is 2. The quantitative estimate of drug-likeness (QED) is 0.777. The molecule has 0 bridgehead atoms. The summed E-state index contributed by atoms with van der Waals surface area (Å²) in [5.41, 5.74) is 4.79. The first-order valence-electron chi connectivity index (χ1n) is 10.4. The van der Waals surface area contributed by atoms with Gasteiger partial charge in [0.15, 0.2) is 0 Å². The summed E-state index contributed by atoms with van der Waals surface area (Å²) in [6, 6.07) is 17.3. The molecule has 0 amide bonds. The number of benzene rings is 2. The van der Waals surface area contributed by atoms with Crippen molar-refractivity contribution in [3.63, 3.8) is 0 Å². The summed E-state index contributed by atoms with van der Waals surface area (Å²) in [6.45, 7) is 9.79. The Kier molecular flexibility index (Phi) is 6.99. The lowest BCUT2D eigenvalue weighted by molar-refractivity contribution is -0.121. The second kappa shape index (κ2) is 9.29. The molecule has 4 nitrogen and oxygen atoms in total. The van der Waals surface area contributed by atoms with Crippen LogP contribution in [-0.4, -0.2) is 56.0 Å². The Bertz CT molecular complexity index is 820. The predicted molar refractivity (Wildman–Crippen MR) is 122 cm³/mol. The fourth-order valence-electron chi connectivity index (χ4n) is 5.00. The van der Waals surface area contributed by atoms with Crippen LogP contribution in [-0.2, 0) is 4.79 Å². The van der Waals surface area contributed by atoms with Crippen molar-refractivity contribution in [1.82, 2.24) is 10.2 Å². The Morgan fingerprint density at radius 3 is 2.45 bits per heavy atom. The third-order valence-corrected chi connectivity index (χ3v) is 6.60. The van der Waals surface area contributed by atoms with E-state index in [-0.39, 0.29) is 18.3 Å². The van der Waals surface area contributed by atoms with Gasteiger partial charge in [0, 0.05) is 44.3 Å². The maximum atomic E-state index is 12.5. The van der Waals surface area contributed by atoms with Crippen molar-refractivity contribution in [1.29, 1.82) is 0 Å². The monoisotopic (exact) mass is 413 g/mol. The molecule has 2 heterocycles. The number of carbonyl (C=O) groups is 1. The molecule has 2 aliphatic heterocycles. The minimum absolute atomic E-state index is 0. The number of piperazine rings is 1. The number of carbonyl (C=O) groups excluding carboxylic acids is 1. The average Bonchev–Trinajstić information content (AvgIpc) is 2.76. The molecule has 0 aliphatic carbocycles. The van der Waals surface area contributed by atoms with Crippen molar-refractivity contribution in [2.45, 2.75) is 31.7 Å². The highest BCUT2D eigenvalue weighted by Crippen LogP contribution is 2.38. The van der Waals surface area contributed by atoms with E-state index >= 15 is 0 Å². The van der Waals surface area contributed by atoms with E-state index in [1.54, 1.807) is 0 Å². The Labute approximate surface area is 180 Å². The number of anilines is 1. The molecule has 0 spiro atoms. The first-order chi connectivity index (χ1) is 13.6. The lowest BCUT2D eigenvalue weighted by Crippen LogP contribution is -2.66. The summed E-state index contributed by atoms with van der Waals surface area (Å²) in [5.74, 6) is 0.250. The van der Waals surface area contributed by atoms with Crippen LogP contribution >= 0.6 is 12.4 Å². The van der Waals surface area contributed by atoms with Crippen LogP contribution in [0.3, 0.4) is 0 Å². The van der Waals surface area contributed by atoms with Crippen molar-refractivity contribution in [2.75, 3.05) is 44.2 Å². The van der Waals surface area contributed by atoms with Crippen LogP contribution in [0.25, 0.3) is 0 Å². The van der Waals surface area contributed by atoms with E-state index in [1.165, 1.54) is 28.7 Å². The molecular formula is C24H32ClN3O. The predicted octanol–water partition coefficient (Wildman–Crippen LogP) is 3.56. The molecule has 2 saturated heterocycles. The summed E-state index contributed by atoms with van der Waals surface area (Å²) >= 11 is 0. The highest BCUT2D eigenvalue weighted by molar-refractivity contribution is 5.85. The average molecular weight is 414 g/mol. The molecule has 1 N–H and O–H groups in total. The number of halogens is 1. The van der Waals surface area contributed by atoms with Crippen LogP contribution in [0.5, 0.6) is 0 Å². The van der Waals surface area contributed by atoms with E-state index in [1.807, 2.05) is 0 Å². The number of rotatable bonds is 4. The largest absolute Gasteiger partial charge is 0.369 e. The van der Waals surface area contributed by atoms with E-state index in [0.717, 1.165) is 45.7 Å². The van der Waals surface area contributed by atoms with Crippen LogP contribution in [0.4, 0.5) is 5.69 Å². The maximum Gasteiger partial charge on any atom is 0.142 e. The summed E-state index contributed by atoms with van der Waals surface area (Å²) in [5, 5.41) is 3.50. The van der Waals surface area contributed by atoms with Gasteiger partial charge in [-0.25, -0.2) is 0 Å². The van der Waals surface area contributed by atoms with Gasteiger partial charge in [0.1, 0.15) is 6.29 Å². The second-order valence-electron chi connectivity index (χ2n) is 8.30. The first-order valence-corrected chi connectivity index (χ1v) is 10.4. The van der Waals surface area contributed by atoms with Gasteiger partial charge in [-0.3, -0.25) is 4.90 Å². The number of aryl methyl sites for hydroxylation is 2. The number of hydrogen-bond donors (Lipinski definition) is 1. The van der Waals surface area contributed by atoms with E-state index in [4.69, 9.17) is 0 Å². The number of hydrogen-bond acceptors (Lipinski definition) is 4. The fourth-order valence-corrected chi connectivity index (χ4v) is 5.00. The molecule has 2 aromatic carbocycles. The van der Waals surface area contributed by atoms with E-state index in [9.17, 15) is 4.79 Å². The third-order valence-electron chi connectivity index (χ3n) is 6.60. The zero-order valence-electron chi connectivity index (χ0n) is 17.4. The molecule has 4 rings (SSSR count). The second-order valence-corrected chi connectivity index (χ2v) is 8.30. The Morgan fingerprint density at radius 2 is 1.76 bits per heavy atom. The molecule has 0 aromatic heterocycles. The van der Waals surface area contributed by atoms with Crippen LogP contribution in [0.15, 0.2) is 48.5 Å². The van der Waals surface area contributed by atoms with Crippen molar-refractivity contribution < 1.29 is 4.79 Å². The number of aldehydes is 1. The Hall–Kier alpha value is -1.88. The summed E-state index contributed by atoms with van der Waals surface area (Å²) in [6.07, 6.45) is 2.23. The van der Waals surface area contributed by atoms with Gasteiger partial charge in [-0.05, 0) is 49.6 Å². The molecule has 0 unspecified atom stereocenters. The van der Waals surface area contributed by atoms with Crippen molar-refractivity contribution in [3.8, 4) is 0 Å². The normalized spacial score (nSPS) is 25.3. The molecule has 2 aliphatic rings. The van der Waals surface area contributed by atoms with E-state index < -0.39 is 5.54 Å². The summed E-state index contributed by atoms with van der Waals surface area (Å²) in [7, 11) is 0. The van der Waals surface area contributed by atoms with Gasteiger partial charge in [0.25, 0.3) is 0 Å². The van der Waals surface area contributed by atoms with Gasteiger partial charge in [-0.2, -0.15) is 0 Å². The van der Waals surface area contributed by atoms with Crippen LogP contribution < -0.4 is 10.2 Å². The third kappa shape index (κ3) is 4.20. The van der Waals surface area contributed by atoms with Crippen LogP contribution in [0, 0.1) is 13.8 Å². The molecule has 0 saturated carbocycles. The molecule has 2 atom stereocenters. The molecule has 29 heavy (non-hydrogen) atoms. The number of piperidine rings is 1. The summed E-state index contributed by atoms with van der Waals surface area (Å²) in [4.78, 5) is 17.4. The lowest BCUT2D eigenvalue weighted by atomic mass is 9.74. The molecule has 0 radical (unpaired) electrons.